The topological polar surface area (TPSA) is 48.9 Å². The first-order valence-corrected chi connectivity index (χ1v) is 9.95. The smallest absolute Gasteiger partial charge is 0.191 e. The molecule has 2 N–H and O–H groups in total. The van der Waals surface area contributed by atoms with Gasteiger partial charge in [-0.15, -0.1) is 0 Å². The van der Waals surface area contributed by atoms with Crippen molar-refractivity contribution < 1.29 is 4.74 Å². The van der Waals surface area contributed by atoms with Gasteiger partial charge in [0, 0.05) is 25.7 Å². The van der Waals surface area contributed by atoms with Crippen LogP contribution in [0.5, 0.6) is 5.75 Å². The molecule has 0 heterocycles. The third-order valence-corrected chi connectivity index (χ3v) is 4.79. The second-order valence-corrected chi connectivity index (χ2v) is 7.17. The molecular weight excluding hydrogens is 348 g/mol. The summed E-state index contributed by atoms with van der Waals surface area (Å²) in [6.45, 7) is 9.65. The van der Waals surface area contributed by atoms with E-state index in [1.165, 1.54) is 11.1 Å². The van der Waals surface area contributed by atoms with Crippen molar-refractivity contribution in [1.29, 1.82) is 0 Å². The first kappa shape index (κ1) is 21.8. The molecule has 28 heavy (non-hydrogen) atoms. The zero-order chi connectivity index (χ0) is 20.4. The Labute approximate surface area is 169 Å². The lowest BCUT2D eigenvalue weighted by atomic mass is 10.1. The van der Waals surface area contributed by atoms with Crippen molar-refractivity contribution >= 4 is 5.96 Å². The number of guanidine groups is 1. The second kappa shape index (κ2) is 11.3. The highest BCUT2D eigenvalue weighted by atomic mass is 16.5. The molecule has 0 atom stereocenters. The maximum absolute atomic E-state index is 5.21. The quantitative estimate of drug-likeness (QED) is 0.512. The van der Waals surface area contributed by atoms with E-state index in [1.54, 1.807) is 7.11 Å². The Morgan fingerprint density at radius 1 is 1.04 bits per heavy atom. The van der Waals surface area contributed by atoms with Gasteiger partial charge in [0.25, 0.3) is 0 Å². The molecule has 0 aromatic heterocycles. The van der Waals surface area contributed by atoms with Crippen LogP contribution < -0.4 is 15.4 Å². The maximum Gasteiger partial charge on any atom is 0.191 e. The number of nitrogens with zero attached hydrogens (tertiary/aromatic N) is 2. The van der Waals surface area contributed by atoms with Gasteiger partial charge >= 0.3 is 0 Å². The minimum absolute atomic E-state index is 0.518. The summed E-state index contributed by atoms with van der Waals surface area (Å²) in [4.78, 5) is 7.07. The largest absolute Gasteiger partial charge is 0.497 e. The van der Waals surface area contributed by atoms with Gasteiger partial charge in [0.1, 0.15) is 5.75 Å². The van der Waals surface area contributed by atoms with E-state index < -0.39 is 0 Å². The van der Waals surface area contributed by atoms with E-state index in [4.69, 9.17) is 9.73 Å². The molecule has 0 aliphatic rings. The van der Waals surface area contributed by atoms with E-state index in [9.17, 15) is 0 Å². The number of benzene rings is 2. The van der Waals surface area contributed by atoms with Crippen LogP contribution >= 0.6 is 0 Å². The van der Waals surface area contributed by atoms with Crippen LogP contribution in [0.3, 0.4) is 0 Å². The SMILES string of the molecule is CCNC(=NCc1ccc(OC)cc1)NCc1ccccc1CN(C)C(C)C. The molecule has 5 nitrogen and oxygen atoms in total. The Balaban J connectivity index is 2.02. The number of nitrogens with one attached hydrogen (secondary N) is 2. The van der Waals surface area contributed by atoms with E-state index in [0.717, 1.165) is 36.9 Å². The van der Waals surface area contributed by atoms with Crippen LogP contribution in [-0.2, 0) is 19.6 Å². The van der Waals surface area contributed by atoms with Gasteiger partial charge in [-0.3, -0.25) is 4.90 Å². The van der Waals surface area contributed by atoms with Gasteiger partial charge in [-0.2, -0.15) is 0 Å². The van der Waals surface area contributed by atoms with E-state index in [-0.39, 0.29) is 0 Å². The summed E-state index contributed by atoms with van der Waals surface area (Å²) in [6, 6.07) is 17.1. The Hall–Kier alpha value is -2.53. The summed E-state index contributed by atoms with van der Waals surface area (Å²) in [5, 5.41) is 6.80. The van der Waals surface area contributed by atoms with Crippen molar-refractivity contribution in [1.82, 2.24) is 15.5 Å². The fraction of sp³-hybridized carbons (Fsp3) is 0.435. The van der Waals surface area contributed by atoms with Gasteiger partial charge in [0.15, 0.2) is 5.96 Å². The van der Waals surface area contributed by atoms with Crippen LogP contribution in [-0.4, -0.2) is 37.6 Å². The predicted molar refractivity (Wildman–Crippen MR) is 118 cm³/mol. The van der Waals surface area contributed by atoms with Crippen LogP contribution in [0.15, 0.2) is 53.5 Å². The highest BCUT2D eigenvalue weighted by molar-refractivity contribution is 5.79. The molecule has 0 radical (unpaired) electrons. The van der Waals surface area contributed by atoms with Crippen molar-refractivity contribution in [3.05, 3.63) is 65.2 Å². The average molecular weight is 383 g/mol. The van der Waals surface area contributed by atoms with E-state index in [2.05, 4.69) is 67.6 Å². The molecule has 0 bridgehead atoms. The lowest BCUT2D eigenvalue weighted by Gasteiger charge is -2.23. The summed E-state index contributed by atoms with van der Waals surface area (Å²) >= 11 is 0. The number of hydrogen-bond acceptors (Lipinski definition) is 3. The fourth-order valence-corrected chi connectivity index (χ4v) is 2.76. The first-order valence-electron chi connectivity index (χ1n) is 9.95. The Morgan fingerprint density at radius 3 is 2.32 bits per heavy atom. The number of hydrogen-bond donors (Lipinski definition) is 2. The van der Waals surface area contributed by atoms with Crippen LogP contribution in [0.2, 0.25) is 0 Å². The van der Waals surface area contributed by atoms with Gasteiger partial charge in [-0.25, -0.2) is 4.99 Å². The average Bonchev–Trinajstić information content (AvgIpc) is 2.71. The number of ether oxygens (including phenoxy) is 1. The Morgan fingerprint density at radius 2 is 1.71 bits per heavy atom. The molecule has 2 rings (SSSR count). The molecule has 0 amide bonds. The van der Waals surface area contributed by atoms with Crippen LogP contribution in [0.4, 0.5) is 0 Å². The summed E-state index contributed by atoms with van der Waals surface area (Å²) in [6.07, 6.45) is 0. The fourth-order valence-electron chi connectivity index (χ4n) is 2.76. The molecule has 0 saturated heterocycles. The highest BCUT2D eigenvalue weighted by Crippen LogP contribution is 2.13. The molecule has 2 aromatic rings. The number of rotatable bonds is 9. The summed E-state index contributed by atoms with van der Waals surface area (Å²) in [5.74, 6) is 1.69. The maximum atomic E-state index is 5.21. The molecule has 0 unspecified atom stereocenters. The molecule has 0 aliphatic heterocycles. The Kier molecular flexibility index (Phi) is 8.82. The van der Waals surface area contributed by atoms with Crippen molar-refractivity contribution in [2.75, 3.05) is 20.7 Å². The lowest BCUT2D eigenvalue weighted by Crippen LogP contribution is -2.37. The van der Waals surface area contributed by atoms with Crippen LogP contribution in [0, 0.1) is 0 Å². The number of aliphatic imine (C=N–C) groups is 1. The van der Waals surface area contributed by atoms with Crippen molar-refractivity contribution in [2.24, 2.45) is 4.99 Å². The molecule has 2 aromatic carbocycles. The first-order chi connectivity index (χ1) is 13.5. The van der Waals surface area contributed by atoms with E-state index in [0.29, 0.717) is 12.6 Å². The Bertz CT molecular complexity index is 741. The molecule has 0 saturated carbocycles. The minimum Gasteiger partial charge on any atom is -0.497 e. The molecule has 0 spiro atoms. The third-order valence-electron chi connectivity index (χ3n) is 4.79. The van der Waals surface area contributed by atoms with E-state index >= 15 is 0 Å². The monoisotopic (exact) mass is 382 g/mol. The minimum atomic E-state index is 0.518. The van der Waals surface area contributed by atoms with Gasteiger partial charge in [-0.1, -0.05) is 36.4 Å². The van der Waals surface area contributed by atoms with Crippen molar-refractivity contribution in [2.45, 2.75) is 46.4 Å². The molecule has 152 valence electrons. The van der Waals surface area contributed by atoms with Gasteiger partial charge < -0.3 is 15.4 Å². The summed E-state index contributed by atoms with van der Waals surface area (Å²) < 4.78 is 5.21. The molecular formula is C23H34N4O. The van der Waals surface area contributed by atoms with Crippen LogP contribution in [0.1, 0.15) is 37.5 Å². The molecule has 5 heteroatoms. The number of methoxy groups -OCH3 is 1. The predicted octanol–water partition coefficient (Wildman–Crippen LogP) is 3.79. The summed E-state index contributed by atoms with van der Waals surface area (Å²) in [5.41, 5.74) is 3.79. The third kappa shape index (κ3) is 6.89. The van der Waals surface area contributed by atoms with Gasteiger partial charge in [0.05, 0.1) is 13.7 Å². The standard InChI is InChI=1S/C23H34N4O/c1-6-24-23(25-15-19-11-13-22(28-5)14-12-19)26-16-20-9-7-8-10-21(20)17-27(4)18(2)3/h7-14,18H,6,15-17H2,1-5H3,(H2,24,25,26). The van der Waals surface area contributed by atoms with Crippen molar-refractivity contribution in [3.8, 4) is 5.75 Å². The lowest BCUT2D eigenvalue weighted by molar-refractivity contribution is 0.265. The molecule has 0 fully saturated rings. The molecule has 0 aliphatic carbocycles. The second-order valence-electron chi connectivity index (χ2n) is 7.17. The van der Waals surface area contributed by atoms with Gasteiger partial charge in [0.2, 0.25) is 0 Å². The normalized spacial score (nSPS) is 11.8. The zero-order valence-corrected chi connectivity index (χ0v) is 17.8. The van der Waals surface area contributed by atoms with Gasteiger partial charge in [-0.05, 0) is 56.6 Å². The highest BCUT2D eigenvalue weighted by Gasteiger charge is 2.08. The summed E-state index contributed by atoms with van der Waals surface area (Å²) in [7, 11) is 3.84. The van der Waals surface area contributed by atoms with Crippen molar-refractivity contribution in [3.63, 3.8) is 0 Å². The van der Waals surface area contributed by atoms with Crippen LogP contribution in [0.25, 0.3) is 0 Å². The van der Waals surface area contributed by atoms with E-state index in [1.807, 2.05) is 24.3 Å². The zero-order valence-electron chi connectivity index (χ0n) is 17.8.